The summed E-state index contributed by atoms with van der Waals surface area (Å²) >= 11 is 0. The number of pyridine rings is 1. The quantitative estimate of drug-likeness (QED) is 0.595. The second-order valence-corrected chi connectivity index (χ2v) is 7.13. The Bertz CT molecular complexity index is 956. The van der Waals surface area contributed by atoms with Crippen LogP contribution in [-0.4, -0.2) is 31.8 Å². The molecule has 3 N–H and O–H groups in total. The molecule has 0 fully saturated rings. The van der Waals surface area contributed by atoms with Crippen LogP contribution in [0.5, 0.6) is 5.88 Å². The van der Waals surface area contributed by atoms with Crippen LogP contribution in [0, 0.1) is 6.92 Å². The number of methoxy groups -OCH3 is 1. The number of anilines is 2. The van der Waals surface area contributed by atoms with Gasteiger partial charge in [0.1, 0.15) is 11.6 Å². The topological polar surface area (TPSA) is 117 Å². The zero-order valence-corrected chi connectivity index (χ0v) is 14.6. The zero-order valence-electron chi connectivity index (χ0n) is 13.7. The van der Waals surface area contributed by atoms with Crippen LogP contribution >= 0.6 is 7.60 Å². The van der Waals surface area contributed by atoms with Gasteiger partial charge in [-0.15, -0.1) is 0 Å². The summed E-state index contributed by atoms with van der Waals surface area (Å²) in [7, 11) is -2.54. The lowest BCUT2D eigenvalue weighted by Gasteiger charge is -2.11. The van der Waals surface area contributed by atoms with Crippen molar-refractivity contribution in [2.75, 3.05) is 12.4 Å². The largest absolute Gasteiger partial charge is 0.481 e. The summed E-state index contributed by atoms with van der Waals surface area (Å²) in [5.74, 6) is 1.63. The van der Waals surface area contributed by atoms with E-state index in [0.717, 1.165) is 11.1 Å². The molecule has 0 amide bonds. The molecule has 2 aromatic heterocycles. The first kappa shape index (κ1) is 17.3. The summed E-state index contributed by atoms with van der Waals surface area (Å²) in [6.07, 6.45) is -0.285. The number of nitrogens with one attached hydrogen (secondary N) is 1. The third-order valence-electron chi connectivity index (χ3n) is 3.46. The fraction of sp³-hybridized carbons (Fsp3) is 0.188. The van der Waals surface area contributed by atoms with Gasteiger partial charge < -0.3 is 19.8 Å². The number of ether oxygens (including phenoxy) is 1. The predicted molar refractivity (Wildman–Crippen MR) is 94.1 cm³/mol. The number of aryl methyl sites for hydroxylation is 1. The van der Waals surface area contributed by atoms with E-state index in [1.165, 1.54) is 0 Å². The van der Waals surface area contributed by atoms with Crippen molar-refractivity contribution in [3.8, 4) is 5.88 Å². The van der Waals surface area contributed by atoms with E-state index in [9.17, 15) is 4.57 Å². The summed E-state index contributed by atoms with van der Waals surface area (Å²) in [5, 5.41) is 3.93. The minimum atomic E-state index is -4.08. The molecule has 2 heterocycles. The molecule has 0 unspecified atom stereocenters. The lowest BCUT2D eigenvalue weighted by molar-refractivity contribution is 0.371. The first-order valence-electron chi connectivity index (χ1n) is 7.44. The Morgan fingerprint density at radius 1 is 1.08 bits per heavy atom. The maximum absolute atomic E-state index is 11.1. The lowest BCUT2D eigenvalue weighted by atomic mass is 10.2. The molecule has 1 aromatic carbocycles. The average molecular weight is 360 g/mol. The fourth-order valence-corrected chi connectivity index (χ4v) is 3.06. The van der Waals surface area contributed by atoms with Gasteiger partial charge in [-0.25, -0.2) is 9.97 Å². The number of hydrogen-bond acceptors (Lipinski definition) is 6. The van der Waals surface area contributed by atoms with Crippen molar-refractivity contribution in [1.29, 1.82) is 0 Å². The second-order valence-electron chi connectivity index (χ2n) is 5.49. The van der Waals surface area contributed by atoms with Crippen molar-refractivity contribution >= 4 is 30.1 Å². The molecule has 0 aliphatic rings. The maximum Gasteiger partial charge on any atom is 0.329 e. The highest BCUT2D eigenvalue weighted by atomic mass is 31.2. The van der Waals surface area contributed by atoms with E-state index in [0.29, 0.717) is 28.7 Å². The first-order chi connectivity index (χ1) is 11.8. The van der Waals surface area contributed by atoms with Gasteiger partial charge in [0.05, 0.1) is 18.7 Å². The predicted octanol–water partition coefficient (Wildman–Crippen LogP) is 2.76. The van der Waals surface area contributed by atoms with Crippen LogP contribution in [-0.2, 0) is 10.7 Å². The Morgan fingerprint density at radius 2 is 1.80 bits per heavy atom. The molecule has 3 rings (SSSR count). The first-order valence-corrected chi connectivity index (χ1v) is 9.24. The number of benzene rings is 1. The van der Waals surface area contributed by atoms with Gasteiger partial charge in [-0.3, -0.25) is 4.57 Å². The summed E-state index contributed by atoms with van der Waals surface area (Å²) in [6.45, 7) is 1.77. The van der Waals surface area contributed by atoms with Gasteiger partial charge in [-0.05, 0) is 30.7 Å². The lowest BCUT2D eigenvalue weighted by Crippen LogP contribution is -2.01. The monoisotopic (exact) mass is 360 g/mol. The van der Waals surface area contributed by atoms with Crippen LogP contribution in [0.25, 0.3) is 11.0 Å². The maximum atomic E-state index is 11.1. The van der Waals surface area contributed by atoms with Crippen LogP contribution in [0.3, 0.4) is 0 Å². The van der Waals surface area contributed by atoms with E-state index in [-0.39, 0.29) is 6.16 Å². The Kier molecular flexibility index (Phi) is 4.67. The van der Waals surface area contributed by atoms with Gasteiger partial charge in [0, 0.05) is 11.8 Å². The van der Waals surface area contributed by atoms with Crippen LogP contribution in [0.1, 0.15) is 11.4 Å². The van der Waals surface area contributed by atoms with Crippen LogP contribution in [0.4, 0.5) is 11.5 Å². The molecular weight excluding hydrogens is 343 g/mol. The minimum absolute atomic E-state index is 0.285. The standard InChI is InChI=1S/C16H17N4O4P/c1-10-17-15(13-7-8-14(24-2)20-16(13)18-10)19-12-5-3-11(4-6-12)9-25(21,22)23/h3-8H,9H2,1-2H3,(H2,21,22,23)(H,17,18,19,20). The average Bonchev–Trinajstić information content (AvgIpc) is 2.54. The van der Waals surface area contributed by atoms with E-state index in [2.05, 4.69) is 20.3 Å². The summed E-state index contributed by atoms with van der Waals surface area (Å²) < 4.78 is 16.2. The van der Waals surface area contributed by atoms with Crippen molar-refractivity contribution in [3.05, 3.63) is 47.8 Å². The van der Waals surface area contributed by atoms with Gasteiger partial charge in [0.2, 0.25) is 5.88 Å². The molecule has 3 aromatic rings. The molecule has 9 heteroatoms. The zero-order chi connectivity index (χ0) is 18.0. The highest BCUT2D eigenvalue weighted by Gasteiger charge is 2.14. The molecule has 0 bridgehead atoms. The van der Waals surface area contributed by atoms with E-state index in [4.69, 9.17) is 14.5 Å². The number of nitrogens with zero attached hydrogens (tertiary/aromatic N) is 3. The van der Waals surface area contributed by atoms with E-state index in [1.807, 2.05) is 6.07 Å². The number of hydrogen-bond donors (Lipinski definition) is 3. The Labute approximate surface area is 144 Å². The highest BCUT2D eigenvalue weighted by Crippen LogP contribution is 2.39. The van der Waals surface area contributed by atoms with Crippen LogP contribution in [0.15, 0.2) is 36.4 Å². The van der Waals surface area contributed by atoms with E-state index < -0.39 is 7.60 Å². The molecule has 0 saturated carbocycles. The van der Waals surface area contributed by atoms with Crippen molar-refractivity contribution in [2.45, 2.75) is 13.1 Å². The number of fused-ring (bicyclic) bond motifs is 1. The van der Waals surface area contributed by atoms with Crippen LogP contribution in [0.2, 0.25) is 0 Å². The SMILES string of the molecule is COc1ccc2c(Nc3ccc(CP(=O)(O)O)cc3)nc(C)nc2n1. The molecule has 130 valence electrons. The molecule has 8 nitrogen and oxygen atoms in total. The summed E-state index contributed by atoms with van der Waals surface area (Å²) in [4.78, 5) is 31.1. The van der Waals surface area contributed by atoms with Crippen molar-refractivity contribution < 1.29 is 19.1 Å². The van der Waals surface area contributed by atoms with Crippen molar-refractivity contribution in [1.82, 2.24) is 15.0 Å². The van der Waals surface area contributed by atoms with Crippen LogP contribution < -0.4 is 10.1 Å². The second kappa shape index (κ2) is 6.76. The van der Waals surface area contributed by atoms with Gasteiger partial charge in [-0.2, -0.15) is 4.98 Å². The number of rotatable bonds is 5. The smallest absolute Gasteiger partial charge is 0.329 e. The van der Waals surface area contributed by atoms with E-state index in [1.54, 1.807) is 44.4 Å². The molecule has 0 aliphatic heterocycles. The Hall–Kier alpha value is -2.54. The molecule has 0 aliphatic carbocycles. The normalized spacial score (nSPS) is 11.5. The Balaban J connectivity index is 1.91. The van der Waals surface area contributed by atoms with Gasteiger partial charge >= 0.3 is 7.60 Å². The third-order valence-corrected chi connectivity index (χ3v) is 4.24. The highest BCUT2D eigenvalue weighted by molar-refractivity contribution is 7.50. The molecular formula is C16H17N4O4P. The van der Waals surface area contributed by atoms with Crippen molar-refractivity contribution in [3.63, 3.8) is 0 Å². The van der Waals surface area contributed by atoms with Gasteiger partial charge in [0.15, 0.2) is 5.65 Å². The van der Waals surface area contributed by atoms with E-state index >= 15 is 0 Å². The minimum Gasteiger partial charge on any atom is -0.481 e. The number of aromatic nitrogens is 3. The molecule has 0 saturated heterocycles. The molecule has 0 atom stereocenters. The molecule has 25 heavy (non-hydrogen) atoms. The Morgan fingerprint density at radius 3 is 2.44 bits per heavy atom. The third kappa shape index (κ3) is 4.30. The molecule has 0 radical (unpaired) electrons. The molecule has 0 spiro atoms. The van der Waals surface area contributed by atoms with Crippen molar-refractivity contribution in [2.24, 2.45) is 0 Å². The van der Waals surface area contributed by atoms with Gasteiger partial charge in [0.25, 0.3) is 0 Å². The fourth-order valence-electron chi connectivity index (χ4n) is 2.38. The summed E-state index contributed by atoms with van der Waals surface area (Å²) in [5.41, 5.74) is 1.83. The summed E-state index contributed by atoms with van der Waals surface area (Å²) in [6, 6.07) is 10.4. The van der Waals surface area contributed by atoms with Gasteiger partial charge in [-0.1, -0.05) is 12.1 Å².